The number of aliphatic hydroxyl groups excluding tert-OH is 1. The first kappa shape index (κ1) is 13.0. The van der Waals surface area contributed by atoms with Gasteiger partial charge in [0.1, 0.15) is 5.75 Å². The lowest BCUT2D eigenvalue weighted by Gasteiger charge is -2.32. The van der Waals surface area contributed by atoms with Crippen LogP contribution in [0.5, 0.6) is 5.75 Å². The van der Waals surface area contributed by atoms with Crippen LogP contribution in [0.4, 0.5) is 0 Å². The second kappa shape index (κ2) is 5.32. The van der Waals surface area contributed by atoms with E-state index in [1.807, 2.05) is 38.1 Å². The number of hydrogen-bond donors (Lipinski definition) is 2. The van der Waals surface area contributed by atoms with Crippen LogP contribution in [-0.2, 0) is 0 Å². The van der Waals surface area contributed by atoms with Gasteiger partial charge in [0.2, 0.25) is 0 Å². The molecule has 90 valence electrons. The van der Waals surface area contributed by atoms with Gasteiger partial charge in [0, 0.05) is 12.0 Å². The molecular formula is C13H21NO2. The highest BCUT2D eigenvalue weighted by Crippen LogP contribution is 2.36. The summed E-state index contributed by atoms with van der Waals surface area (Å²) in [4.78, 5) is 0. The SMILES string of the molecule is CCC(C)(CN)C(O)c1ccc(OC)cc1. The monoisotopic (exact) mass is 223 g/mol. The number of hydrogen-bond acceptors (Lipinski definition) is 3. The van der Waals surface area contributed by atoms with Crippen LogP contribution in [0, 0.1) is 5.41 Å². The molecular weight excluding hydrogens is 202 g/mol. The molecule has 0 amide bonds. The predicted molar refractivity (Wildman–Crippen MR) is 65.4 cm³/mol. The van der Waals surface area contributed by atoms with Crippen molar-refractivity contribution in [3.8, 4) is 5.75 Å². The molecule has 0 fully saturated rings. The molecule has 3 nitrogen and oxygen atoms in total. The maximum atomic E-state index is 10.3. The van der Waals surface area contributed by atoms with Gasteiger partial charge in [0.15, 0.2) is 0 Å². The quantitative estimate of drug-likeness (QED) is 0.803. The Labute approximate surface area is 97.2 Å². The number of aliphatic hydroxyl groups is 1. The third-order valence-corrected chi connectivity index (χ3v) is 3.37. The molecule has 2 atom stereocenters. The van der Waals surface area contributed by atoms with Gasteiger partial charge in [-0.2, -0.15) is 0 Å². The molecule has 0 aliphatic heterocycles. The molecule has 3 N–H and O–H groups in total. The zero-order valence-corrected chi connectivity index (χ0v) is 10.2. The fourth-order valence-electron chi connectivity index (χ4n) is 1.64. The first-order valence-corrected chi connectivity index (χ1v) is 5.59. The van der Waals surface area contributed by atoms with E-state index >= 15 is 0 Å². The summed E-state index contributed by atoms with van der Waals surface area (Å²) < 4.78 is 5.08. The fraction of sp³-hybridized carbons (Fsp3) is 0.538. The molecule has 2 unspecified atom stereocenters. The maximum Gasteiger partial charge on any atom is 0.118 e. The van der Waals surface area contributed by atoms with E-state index in [1.54, 1.807) is 7.11 Å². The molecule has 16 heavy (non-hydrogen) atoms. The average Bonchev–Trinajstić information content (AvgIpc) is 2.37. The minimum Gasteiger partial charge on any atom is -0.497 e. The number of rotatable bonds is 5. The number of ether oxygens (including phenoxy) is 1. The Bertz CT molecular complexity index is 317. The van der Waals surface area contributed by atoms with Crippen LogP contribution in [0.2, 0.25) is 0 Å². The molecule has 0 saturated heterocycles. The second-order valence-corrected chi connectivity index (χ2v) is 4.39. The smallest absolute Gasteiger partial charge is 0.118 e. The van der Waals surface area contributed by atoms with Gasteiger partial charge in [0.05, 0.1) is 13.2 Å². The number of methoxy groups -OCH3 is 1. The van der Waals surface area contributed by atoms with Gasteiger partial charge in [-0.05, 0) is 24.1 Å². The van der Waals surface area contributed by atoms with Gasteiger partial charge in [0.25, 0.3) is 0 Å². The van der Waals surface area contributed by atoms with E-state index in [-0.39, 0.29) is 5.41 Å². The summed E-state index contributed by atoms with van der Waals surface area (Å²) in [7, 11) is 1.63. The highest BCUT2D eigenvalue weighted by molar-refractivity contribution is 5.29. The minimum atomic E-state index is -0.534. The lowest BCUT2D eigenvalue weighted by molar-refractivity contribution is 0.0391. The summed E-state index contributed by atoms with van der Waals surface area (Å²) in [5, 5.41) is 10.3. The summed E-state index contributed by atoms with van der Waals surface area (Å²) in [6, 6.07) is 7.47. The van der Waals surface area contributed by atoms with E-state index in [9.17, 15) is 5.11 Å². The fourth-order valence-corrected chi connectivity index (χ4v) is 1.64. The molecule has 0 heterocycles. The predicted octanol–water partition coefficient (Wildman–Crippen LogP) is 2.10. The summed E-state index contributed by atoms with van der Waals surface area (Å²) in [5.74, 6) is 0.793. The van der Waals surface area contributed by atoms with Crippen molar-refractivity contribution in [3.05, 3.63) is 29.8 Å². The minimum absolute atomic E-state index is 0.269. The molecule has 0 radical (unpaired) electrons. The third-order valence-electron chi connectivity index (χ3n) is 3.37. The highest BCUT2D eigenvalue weighted by Gasteiger charge is 2.30. The molecule has 0 saturated carbocycles. The Balaban J connectivity index is 2.90. The van der Waals surface area contributed by atoms with Crippen LogP contribution >= 0.6 is 0 Å². The van der Waals surface area contributed by atoms with E-state index in [1.165, 1.54) is 0 Å². The Morgan fingerprint density at radius 1 is 1.38 bits per heavy atom. The summed E-state index contributed by atoms with van der Waals surface area (Å²) in [5.41, 5.74) is 6.34. The second-order valence-electron chi connectivity index (χ2n) is 4.39. The molecule has 1 aromatic carbocycles. The van der Waals surface area contributed by atoms with Gasteiger partial charge >= 0.3 is 0 Å². The van der Waals surface area contributed by atoms with Crippen LogP contribution in [0.3, 0.4) is 0 Å². The van der Waals surface area contributed by atoms with Gasteiger partial charge in [-0.15, -0.1) is 0 Å². The molecule has 3 heteroatoms. The van der Waals surface area contributed by atoms with Gasteiger partial charge in [-0.25, -0.2) is 0 Å². The van der Waals surface area contributed by atoms with E-state index in [0.29, 0.717) is 6.54 Å². The van der Waals surface area contributed by atoms with E-state index in [4.69, 9.17) is 10.5 Å². The molecule has 1 rings (SSSR count). The Kier molecular flexibility index (Phi) is 4.33. The molecule has 0 aromatic heterocycles. The van der Waals surface area contributed by atoms with Crippen LogP contribution < -0.4 is 10.5 Å². The highest BCUT2D eigenvalue weighted by atomic mass is 16.5. The Hall–Kier alpha value is -1.06. The first-order valence-electron chi connectivity index (χ1n) is 5.59. The molecule has 0 bridgehead atoms. The van der Waals surface area contributed by atoms with Crippen molar-refractivity contribution < 1.29 is 9.84 Å². The number of benzene rings is 1. The van der Waals surface area contributed by atoms with Crippen molar-refractivity contribution >= 4 is 0 Å². The van der Waals surface area contributed by atoms with Crippen molar-refractivity contribution in [1.29, 1.82) is 0 Å². The van der Waals surface area contributed by atoms with Gasteiger partial charge in [-0.3, -0.25) is 0 Å². The van der Waals surface area contributed by atoms with E-state index < -0.39 is 6.10 Å². The Morgan fingerprint density at radius 3 is 2.31 bits per heavy atom. The van der Waals surface area contributed by atoms with Crippen molar-refractivity contribution in [2.24, 2.45) is 11.1 Å². The van der Waals surface area contributed by atoms with E-state index in [0.717, 1.165) is 17.7 Å². The Morgan fingerprint density at radius 2 is 1.94 bits per heavy atom. The van der Waals surface area contributed by atoms with Crippen molar-refractivity contribution in [1.82, 2.24) is 0 Å². The van der Waals surface area contributed by atoms with Crippen molar-refractivity contribution in [3.63, 3.8) is 0 Å². The van der Waals surface area contributed by atoms with Gasteiger partial charge < -0.3 is 15.6 Å². The zero-order chi connectivity index (χ0) is 12.2. The van der Waals surface area contributed by atoms with E-state index in [2.05, 4.69) is 0 Å². The van der Waals surface area contributed by atoms with Gasteiger partial charge in [-0.1, -0.05) is 26.0 Å². The molecule has 0 spiro atoms. The summed E-state index contributed by atoms with van der Waals surface area (Å²) in [6.45, 7) is 4.51. The normalized spacial score (nSPS) is 16.6. The lowest BCUT2D eigenvalue weighted by atomic mass is 9.78. The van der Waals surface area contributed by atoms with Crippen LogP contribution in [0.1, 0.15) is 31.9 Å². The topological polar surface area (TPSA) is 55.5 Å². The first-order chi connectivity index (χ1) is 7.57. The van der Waals surface area contributed by atoms with Crippen molar-refractivity contribution in [2.75, 3.05) is 13.7 Å². The van der Waals surface area contributed by atoms with Crippen LogP contribution in [-0.4, -0.2) is 18.8 Å². The standard InChI is InChI=1S/C13H21NO2/c1-4-13(2,9-14)12(15)10-5-7-11(16-3)8-6-10/h5-8,12,15H,4,9,14H2,1-3H3. The van der Waals surface area contributed by atoms with Crippen molar-refractivity contribution in [2.45, 2.75) is 26.4 Å². The third kappa shape index (κ3) is 2.54. The number of nitrogens with two attached hydrogens (primary N) is 1. The average molecular weight is 223 g/mol. The lowest BCUT2D eigenvalue weighted by Crippen LogP contribution is -2.33. The summed E-state index contributed by atoms with van der Waals surface area (Å²) in [6.07, 6.45) is 0.310. The molecule has 0 aliphatic rings. The largest absolute Gasteiger partial charge is 0.497 e. The molecule has 1 aromatic rings. The zero-order valence-electron chi connectivity index (χ0n) is 10.2. The maximum absolute atomic E-state index is 10.3. The van der Waals surface area contributed by atoms with Crippen LogP contribution in [0.15, 0.2) is 24.3 Å². The summed E-state index contributed by atoms with van der Waals surface area (Å²) >= 11 is 0. The van der Waals surface area contributed by atoms with Crippen LogP contribution in [0.25, 0.3) is 0 Å². The molecule has 0 aliphatic carbocycles.